The number of hydrogen-bond acceptors (Lipinski definition) is 6. The monoisotopic (exact) mass is 334 g/mol. The van der Waals surface area contributed by atoms with Crippen LogP contribution < -0.4 is 11.1 Å². The molecule has 24 heavy (non-hydrogen) atoms. The lowest BCUT2D eigenvalue weighted by Gasteiger charge is -2.30. The standard InChI is InChI=1S/C17H19FN2O4/c1-8-13(16(21)23-3)15(10-5-6-11(18)12(19)7-10)14(9(2)20-8)17(22)24-4/h5-7,15,20H,19H2,1-4H3. The van der Waals surface area contributed by atoms with Gasteiger partial charge in [-0.05, 0) is 31.5 Å². The Labute approximate surface area is 139 Å². The highest BCUT2D eigenvalue weighted by molar-refractivity contribution is 5.99. The van der Waals surface area contributed by atoms with Gasteiger partial charge in [-0.3, -0.25) is 0 Å². The van der Waals surface area contributed by atoms with E-state index in [0.29, 0.717) is 17.0 Å². The van der Waals surface area contributed by atoms with Gasteiger partial charge in [0.15, 0.2) is 0 Å². The summed E-state index contributed by atoms with van der Waals surface area (Å²) in [5.41, 5.74) is 7.64. The smallest absolute Gasteiger partial charge is 0.336 e. The summed E-state index contributed by atoms with van der Waals surface area (Å²) < 4.78 is 23.2. The molecule has 0 aliphatic carbocycles. The van der Waals surface area contributed by atoms with Crippen LogP contribution >= 0.6 is 0 Å². The molecule has 1 heterocycles. The highest BCUT2D eigenvalue weighted by atomic mass is 19.1. The number of benzene rings is 1. The summed E-state index contributed by atoms with van der Waals surface area (Å²) >= 11 is 0. The minimum absolute atomic E-state index is 0.0743. The van der Waals surface area contributed by atoms with Crippen LogP contribution in [0.2, 0.25) is 0 Å². The van der Waals surface area contributed by atoms with Crippen molar-refractivity contribution in [2.24, 2.45) is 0 Å². The van der Waals surface area contributed by atoms with Gasteiger partial charge in [0.25, 0.3) is 0 Å². The fourth-order valence-corrected chi connectivity index (χ4v) is 2.83. The normalized spacial score (nSPS) is 15.2. The van der Waals surface area contributed by atoms with E-state index in [4.69, 9.17) is 15.2 Å². The third kappa shape index (κ3) is 2.97. The van der Waals surface area contributed by atoms with Crippen molar-refractivity contribution in [3.8, 4) is 0 Å². The Bertz CT molecular complexity index is 730. The van der Waals surface area contributed by atoms with E-state index in [2.05, 4.69) is 5.32 Å². The third-order valence-corrected chi connectivity index (χ3v) is 3.92. The fourth-order valence-electron chi connectivity index (χ4n) is 2.83. The van der Waals surface area contributed by atoms with Crippen LogP contribution in [-0.4, -0.2) is 26.2 Å². The van der Waals surface area contributed by atoms with Crippen molar-refractivity contribution in [2.45, 2.75) is 19.8 Å². The number of esters is 2. The number of rotatable bonds is 3. The Morgan fingerprint density at radius 3 is 2.00 bits per heavy atom. The van der Waals surface area contributed by atoms with Gasteiger partial charge in [-0.1, -0.05) is 6.07 Å². The van der Waals surface area contributed by atoms with Crippen LogP contribution in [0.1, 0.15) is 25.3 Å². The van der Waals surface area contributed by atoms with Crippen LogP contribution in [-0.2, 0) is 19.1 Å². The molecule has 0 fully saturated rings. The molecule has 0 spiro atoms. The lowest BCUT2D eigenvalue weighted by molar-refractivity contribution is -0.137. The number of methoxy groups -OCH3 is 2. The molecular formula is C17H19FN2O4. The first kappa shape index (κ1) is 17.5. The predicted molar refractivity (Wildman–Crippen MR) is 86.1 cm³/mol. The van der Waals surface area contributed by atoms with Gasteiger partial charge in [0.1, 0.15) is 5.82 Å². The van der Waals surface area contributed by atoms with Gasteiger partial charge < -0.3 is 20.5 Å². The molecule has 6 nitrogen and oxygen atoms in total. The van der Waals surface area contributed by atoms with Gasteiger partial charge in [-0.2, -0.15) is 0 Å². The Kier molecular flexibility index (Phi) is 4.92. The van der Waals surface area contributed by atoms with Crippen molar-refractivity contribution >= 4 is 17.6 Å². The topological polar surface area (TPSA) is 90.6 Å². The summed E-state index contributed by atoms with van der Waals surface area (Å²) in [6, 6.07) is 4.08. The van der Waals surface area contributed by atoms with Gasteiger partial charge in [-0.25, -0.2) is 14.0 Å². The van der Waals surface area contributed by atoms with Crippen molar-refractivity contribution < 1.29 is 23.5 Å². The lowest BCUT2D eigenvalue weighted by Crippen LogP contribution is -2.32. The number of ether oxygens (including phenoxy) is 2. The van der Waals surface area contributed by atoms with Gasteiger partial charge in [0.2, 0.25) is 0 Å². The van der Waals surface area contributed by atoms with Crippen LogP contribution in [0.15, 0.2) is 40.7 Å². The zero-order valence-corrected chi connectivity index (χ0v) is 13.9. The van der Waals surface area contributed by atoms with Crippen molar-refractivity contribution in [1.29, 1.82) is 0 Å². The largest absolute Gasteiger partial charge is 0.466 e. The number of dihydropyridines is 1. The Balaban J connectivity index is 2.71. The first-order valence-corrected chi connectivity index (χ1v) is 7.21. The Morgan fingerprint density at radius 1 is 1.08 bits per heavy atom. The second kappa shape index (κ2) is 6.74. The number of nitrogens with one attached hydrogen (secondary N) is 1. The highest BCUT2D eigenvalue weighted by Gasteiger charge is 2.37. The fraction of sp³-hybridized carbons (Fsp3) is 0.294. The van der Waals surface area contributed by atoms with Gasteiger partial charge in [0, 0.05) is 11.4 Å². The number of carbonyl (C=O) groups is 2. The molecule has 0 amide bonds. The highest BCUT2D eigenvalue weighted by Crippen LogP contribution is 2.39. The molecule has 128 valence electrons. The minimum atomic E-state index is -0.769. The second-order valence-corrected chi connectivity index (χ2v) is 5.40. The summed E-state index contributed by atoms with van der Waals surface area (Å²) in [5.74, 6) is -2.54. The summed E-state index contributed by atoms with van der Waals surface area (Å²) in [7, 11) is 2.50. The quantitative estimate of drug-likeness (QED) is 0.649. The van der Waals surface area contributed by atoms with Crippen LogP contribution in [0, 0.1) is 5.82 Å². The predicted octanol–water partition coefficient (Wildman–Crippen LogP) is 1.99. The molecule has 0 radical (unpaired) electrons. The molecule has 0 atom stereocenters. The number of halogens is 1. The second-order valence-electron chi connectivity index (χ2n) is 5.40. The number of allylic oxidation sites excluding steroid dienone is 2. The number of nitrogens with two attached hydrogens (primary N) is 1. The van der Waals surface area contributed by atoms with E-state index in [1.807, 2.05) is 0 Å². The average molecular weight is 334 g/mol. The van der Waals surface area contributed by atoms with E-state index < -0.39 is 23.7 Å². The van der Waals surface area contributed by atoms with Crippen molar-refractivity contribution in [2.75, 3.05) is 20.0 Å². The summed E-state index contributed by atoms with van der Waals surface area (Å²) in [6.07, 6.45) is 0. The van der Waals surface area contributed by atoms with Gasteiger partial charge in [-0.15, -0.1) is 0 Å². The molecule has 1 aliphatic heterocycles. The first-order chi connectivity index (χ1) is 11.3. The summed E-state index contributed by atoms with van der Waals surface area (Å²) in [6.45, 7) is 3.40. The minimum Gasteiger partial charge on any atom is -0.466 e. The van der Waals surface area contributed by atoms with E-state index >= 15 is 0 Å². The molecule has 0 saturated carbocycles. The maximum absolute atomic E-state index is 13.5. The van der Waals surface area contributed by atoms with E-state index in [0.717, 1.165) is 0 Å². The molecule has 0 bridgehead atoms. The first-order valence-electron chi connectivity index (χ1n) is 7.21. The molecule has 3 N–H and O–H groups in total. The number of anilines is 1. The average Bonchev–Trinajstić information content (AvgIpc) is 2.55. The molecule has 0 unspecified atom stereocenters. The van der Waals surface area contributed by atoms with E-state index in [-0.39, 0.29) is 16.8 Å². The summed E-state index contributed by atoms with van der Waals surface area (Å²) in [4.78, 5) is 24.6. The van der Waals surface area contributed by atoms with Crippen molar-refractivity contribution in [3.63, 3.8) is 0 Å². The Hall–Kier alpha value is -2.83. The SMILES string of the molecule is COC(=O)C1=C(C)NC(C)=C(C(=O)OC)C1c1ccc(F)c(N)c1. The maximum Gasteiger partial charge on any atom is 0.336 e. The van der Waals surface area contributed by atoms with Gasteiger partial charge in [0.05, 0.1) is 37.0 Å². The zero-order valence-electron chi connectivity index (χ0n) is 13.9. The molecule has 1 aromatic carbocycles. The lowest BCUT2D eigenvalue weighted by atomic mass is 9.80. The summed E-state index contributed by atoms with van der Waals surface area (Å²) in [5, 5.41) is 2.99. The third-order valence-electron chi connectivity index (χ3n) is 3.92. The van der Waals surface area contributed by atoms with Crippen molar-refractivity contribution in [1.82, 2.24) is 5.32 Å². The van der Waals surface area contributed by atoms with E-state index in [9.17, 15) is 14.0 Å². The maximum atomic E-state index is 13.5. The van der Waals surface area contributed by atoms with Crippen LogP contribution in [0.3, 0.4) is 0 Å². The van der Waals surface area contributed by atoms with E-state index in [1.54, 1.807) is 13.8 Å². The molecular weight excluding hydrogens is 315 g/mol. The Morgan fingerprint density at radius 2 is 1.58 bits per heavy atom. The van der Waals surface area contributed by atoms with Crippen molar-refractivity contribution in [3.05, 3.63) is 52.1 Å². The number of nitrogen functional groups attached to an aromatic ring is 1. The van der Waals surface area contributed by atoms with Crippen LogP contribution in [0.4, 0.5) is 10.1 Å². The number of hydrogen-bond donors (Lipinski definition) is 2. The number of carbonyl (C=O) groups excluding carboxylic acids is 2. The molecule has 1 aliphatic rings. The molecule has 0 saturated heterocycles. The molecule has 1 aromatic rings. The zero-order chi connectivity index (χ0) is 18.0. The van der Waals surface area contributed by atoms with Gasteiger partial charge >= 0.3 is 11.9 Å². The molecule has 0 aromatic heterocycles. The molecule has 7 heteroatoms. The van der Waals surface area contributed by atoms with Crippen LogP contribution in [0.5, 0.6) is 0 Å². The van der Waals surface area contributed by atoms with Crippen LogP contribution in [0.25, 0.3) is 0 Å². The van der Waals surface area contributed by atoms with E-state index in [1.165, 1.54) is 32.4 Å². The molecule has 2 rings (SSSR count).